The van der Waals surface area contributed by atoms with Crippen molar-refractivity contribution in [2.75, 3.05) is 17.6 Å². The molecular formula is C22H20Cl4N4O. The molecule has 0 saturated carbocycles. The molecule has 2 aromatic carbocycles. The molecule has 0 aliphatic heterocycles. The average molecular weight is 498 g/mol. The van der Waals surface area contributed by atoms with Crippen LogP contribution in [0, 0.1) is 0 Å². The summed E-state index contributed by atoms with van der Waals surface area (Å²) in [5.41, 5.74) is 7.71. The van der Waals surface area contributed by atoms with Crippen LogP contribution in [0.2, 0.25) is 20.1 Å². The highest BCUT2D eigenvalue weighted by Gasteiger charge is 2.11. The van der Waals surface area contributed by atoms with Crippen molar-refractivity contribution in [3.63, 3.8) is 0 Å². The summed E-state index contributed by atoms with van der Waals surface area (Å²) in [7, 11) is 0. The lowest BCUT2D eigenvalue weighted by Crippen LogP contribution is -2.07. The fourth-order valence-electron chi connectivity index (χ4n) is 3.01. The summed E-state index contributed by atoms with van der Waals surface area (Å²) in [5.74, 6) is 0.798. The summed E-state index contributed by atoms with van der Waals surface area (Å²) in [4.78, 5) is 20.7. The van der Waals surface area contributed by atoms with E-state index in [1.54, 1.807) is 36.4 Å². The Labute approximate surface area is 200 Å². The van der Waals surface area contributed by atoms with Crippen molar-refractivity contribution in [1.29, 1.82) is 0 Å². The zero-order valence-corrected chi connectivity index (χ0v) is 19.5. The molecule has 0 fully saturated rings. The number of nitrogen functional groups attached to an aromatic ring is 1. The lowest BCUT2D eigenvalue weighted by molar-refractivity contribution is 0.0979. The molecule has 1 heterocycles. The van der Waals surface area contributed by atoms with E-state index in [1.807, 2.05) is 6.07 Å². The Kier molecular flexibility index (Phi) is 8.38. The van der Waals surface area contributed by atoms with Gasteiger partial charge in [0.2, 0.25) is 5.95 Å². The van der Waals surface area contributed by atoms with E-state index in [0.29, 0.717) is 55.7 Å². The van der Waals surface area contributed by atoms with Crippen molar-refractivity contribution in [3.8, 4) is 11.3 Å². The van der Waals surface area contributed by atoms with Crippen LogP contribution in [0.5, 0.6) is 0 Å². The maximum atomic E-state index is 12.3. The van der Waals surface area contributed by atoms with E-state index in [9.17, 15) is 4.79 Å². The molecule has 0 atom stereocenters. The first-order valence-corrected chi connectivity index (χ1v) is 11.2. The highest BCUT2D eigenvalue weighted by atomic mass is 35.5. The largest absolute Gasteiger partial charge is 0.370 e. The SMILES string of the molecule is Nc1nc(NCCCCCC(=O)c2ccc(Cl)c(Cl)c2)cc(-c2cccc(Cl)c2Cl)n1. The number of nitrogens with one attached hydrogen (secondary N) is 1. The minimum absolute atomic E-state index is 0.0538. The van der Waals surface area contributed by atoms with Crippen molar-refractivity contribution >= 4 is 64.0 Å². The van der Waals surface area contributed by atoms with Crippen LogP contribution in [-0.2, 0) is 0 Å². The first kappa shape index (κ1) is 23.6. The molecule has 3 N–H and O–H groups in total. The highest BCUT2D eigenvalue weighted by molar-refractivity contribution is 6.43. The van der Waals surface area contributed by atoms with Gasteiger partial charge in [-0.1, -0.05) is 65.0 Å². The smallest absolute Gasteiger partial charge is 0.222 e. The van der Waals surface area contributed by atoms with E-state index in [2.05, 4.69) is 15.3 Å². The maximum Gasteiger partial charge on any atom is 0.222 e. The van der Waals surface area contributed by atoms with Crippen LogP contribution in [0.15, 0.2) is 42.5 Å². The minimum atomic E-state index is 0.0538. The van der Waals surface area contributed by atoms with Gasteiger partial charge in [-0.2, -0.15) is 4.98 Å². The number of benzene rings is 2. The van der Waals surface area contributed by atoms with Gasteiger partial charge in [0.15, 0.2) is 5.78 Å². The molecular weight excluding hydrogens is 478 g/mol. The van der Waals surface area contributed by atoms with Gasteiger partial charge >= 0.3 is 0 Å². The summed E-state index contributed by atoms with van der Waals surface area (Å²) >= 11 is 24.2. The Bertz CT molecular complexity index is 1090. The molecule has 3 rings (SSSR count). The van der Waals surface area contributed by atoms with Crippen LogP contribution in [0.4, 0.5) is 11.8 Å². The van der Waals surface area contributed by atoms with E-state index in [1.165, 1.54) is 0 Å². The summed E-state index contributed by atoms with van der Waals surface area (Å²) in [6, 6.07) is 12.1. The van der Waals surface area contributed by atoms with Gasteiger partial charge in [0, 0.05) is 30.2 Å². The van der Waals surface area contributed by atoms with Gasteiger partial charge in [0.05, 0.1) is 25.8 Å². The zero-order chi connectivity index (χ0) is 22.4. The van der Waals surface area contributed by atoms with Gasteiger partial charge in [-0.25, -0.2) is 4.98 Å². The number of hydrogen-bond donors (Lipinski definition) is 2. The minimum Gasteiger partial charge on any atom is -0.370 e. The maximum absolute atomic E-state index is 12.3. The number of carbonyl (C=O) groups excluding carboxylic acids is 1. The van der Waals surface area contributed by atoms with Gasteiger partial charge in [0.25, 0.3) is 0 Å². The number of carbonyl (C=O) groups is 1. The number of anilines is 2. The molecule has 31 heavy (non-hydrogen) atoms. The molecule has 0 bridgehead atoms. The summed E-state index contributed by atoms with van der Waals surface area (Å²) in [6.07, 6.45) is 2.98. The summed E-state index contributed by atoms with van der Waals surface area (Å²) in [5, 5.41) is 4.93. The van der Waals surface area contributed by atoms with Crippen molar-refractivity contribution in [3.05, 3.63) is 68.1 Å². The van der Waals surface area contributed by atoms with Crippen LogP contribution in [-0.4, -0.2) is 22.3 Å². The monoisotopic (exact) mass is 496 g/mol. The quantitative estimate of drug-likeness (QED) is 0.241. The molecule has 162 valence electrons. The summed E-state index contributed by atoms with van der Waals surface area (Å²) in [6.45, 7) is 0.681. The number of nitrogens with zero attached hydrogens (tertiary/aromatic N) is 2. The molecule has 0 spiro atoms. The molecule has 5 nitrogen and oxygen atoms in total. The third-order valence-corrected chi connectivity index (χ3v) is 6.16. The Morgan fingerprint density at radius 3 is 2.48 bits per heavy atom. The number of halogens is 4. The number of ketones is 1. The number of aromatic nitrogens is 2. The van der Waals surface area contributed by atoms with Gasteiger partial charge in [-0.3, -0.25) is 4.79 Å². The summed E-state index contributed by atoms with van der Waals surface area (Å²) < 4.78 is 0. The lowest BCUT2D eigenvalue weighted by atomic mass is 10.0. The second kappa shape index (κ2) is 11.0. The number of hydrogen-bond acceptors (Lipinski definition) is 5. The molecule has 0 unspecified atom stereocenters. The first-order chi connectivity index (χ1) is 14.8. The average Bonchev–Trinajstić information content (AvgIpc) is 2.74. The Balaban J connectivity index is 1.48. The zero-order valence-electron chi connectivity index (χ0n) is 16.5. The molecule has 0 aliphatic carbocycles. The van der Waals surface area contributed by atoms with Gasteiger partial charge in [-0.05, 0) is 37.1 Å². The van der Waals surface area contributed by atoms with E-state index in [0.717, 1.165) is 19.3 Å². The van der Waals surface area contributed by atoms with E-state index >= 15 is 0 Å². The molecule has 0 saturated heterocycles. The van der Waals surface area contributed by atoms with E-state index < -0.39 is 0 Å². The normalized spacial score (nSPS) is 10.8. The molecule has 1 aromatic heterocycles. The molecule has 9 heteroatoms. The fraction of sp³-hybridized carbons (Fsp3) is 0.227. The standard InChI is InChI=1S/C22H20Cl4N4O/c23-15-9-8-13(11-17(15)25)19(31)7-2-1-3-10-28-20-12-18(29-22(27)30-20)14-5-4-6-16(24)21(14)26/h4-6,8-9,11-12H,1-3,7,10H2,(H3,27,28,29,30). The van der Waals surface area contributed by atoms with Crippen LogP contribution in [0.1, 0.15) is 36.0 Å². The van der Waals surface area contributed by atoms with Crippen molar-refractivity contribution < 1.29 is 4.79 Å². The van der Waals surface area contributed by atoms with Crippen LogP contribution < -0.4 is 11.1 Å². The fourth-order valence-corrected chi connectivity index (χ4v) is 3.71. The third kappa shape index (κ3) is 6.47. The van der Waals surface area contributed by atoms with Crippen molar-refractivity contribution in [1.82, 2.24) is 9.97 Å². The molecule has 0 amide bonds. The van der Waals surface area contributed by atoms with Crippen LogP contribution in [0.25, 0.3) is 11.3 Å². The topological polar surface area (TPSA) is 80.9 Å². The Morgan fingerprint density at radius 1 is 0.903 bits per heavy atom. The number of rotatable bonds is 9. The second-order valence-electron chi connectivity index (χ2n) is 6.89. The van der Waals surface area contributed by atoms with Crippen molar-refractivity contribution in [2.24, 2.45) is 0 Å². The predicted octanol–water partition coefficient (Wildman–Crippen LogP) is 7.19. The predicted molar refractivity (Wildman–Crippen MR) is 130 cm³/mol. The van der Waals surface area contributed by atoms with Gasteiger partial charge < -0.3 is 11.1 Å². The van der Waals surface area contributed by atoms with E-state index in [4.69, 9.17) is 52.1 Å². The highest BCUT2D eigenvalue weighted by Crippen LogP contribution is 2.33. The Morgan fingerprint density at radius 2 is 1.71 bits per heavy atom. The number of Topliss-reactive ketones (excluding diaryl/α,β-unsaturated/α-hetero) is 1. The van der Waals surface area contributed by atoms with Crippen molar-refractivity contribution in [2.45, 2.75) is 25.7 Å². The van der Waals surface area contributed by atoms with E-state index in [-0.39, 0.29) is 11.7 Å². The molecule has 0 aliphatic rings. The second-order valence-corrected chi connectivity index (χ2v) is 8.49. The number of nitrogens with two attached hydrogens (primary N) is 1. The molecule has 0 radical (unpaired) electrons. The van der Waals surface area contributed by atoms with Gasteiger partial charge in [-0.15, -0.1) is 0 Å². The molecule has 3 aromatic rings. The Hall–Kier alpha value is -2.05. The number of unbranched alkanes of at least 4 members (excludes halogenated alkanes) is 2. The van der Waals surface area contributed by atoms with Crippen LogP contribution in [0.3, 0.4) is 0 Å². The third-order valence-electron chi connectivity index (χ3n) is 4.60. The van der Waals surface area contributed by atoms with Gasteiger partial charge in [0.1, 0.15) is 5.82 Å². The van der Waals surface area contributed by atoms with Crippen LogP contribution >= 0.6 is 46.4 Å². The lowest BCUT2D eigenvalue weighted by Gasteiger charge is -2.10. The first-order valence-electron chi connectivity index (χ1n) is 9.66.